The van der Waals surface area contributed by atoms with Gasteiger partial charge in [-0.05, 0) is 61.7 Å². The molecule has 0 bridgehead atoms. The fraction of sp³-hybridized carbons (Fsp3) is 0.357. The lowest BCUT2D eigenvalue weighted by atomic mass is 9.98. The Kier molecular flexibility index (Phi) is 7.59. The molecule has 0 N–H and O–H groups in total. The average Bonchev–Trinajstić information content (AvgIpc) is 2.84. The van der Waals surface area contributed by atoms with Crippen molar-refractivity contribution in [2.75, 3.05) is 13.2 Å². The van der Waals surface area contributed by atoms with Crippen molar-refractivity contribution in [2.24, 2.45) is 0 Å². The normalized spacial score (nSPS) is 21.0. The van der Waals surface area contributed by atoms with Gasteiger partial charge in [0.2, 0.25) is 0 Å². The molecule has 7 heteroatoms. The first-order valence-electron chi connectivity index (χ1n) is 11.7. The number of morpholine rings is 1. The first kappa shape index (κ1) is 25.4. The Hall–Kier alpha value is -2.74. The lowest BCUT2D eigenvalue weighted by molar-refractivity contribution is -0.235. The van der Waals surface area contributed by atoms with Gasteiger partial charge in [0.25, 0.3) is 0 Å². The van der Waals surface area contributed by atoms with Gasteiger partial charge >= 0.3 is 6.18 Å². The summed E-state index contributed by atoms with van der Waals surface area (Å²) in [5, 5.41) is 0. The maximum atomic E-state index is 13.7. The molecule has 1 aliphatic heterocycles. The number of halogens is 4. The second-order valence-corrected chi connectivity index (χ2v) is 8.97. The van der Waals surface area contributed by atoms with Crippen LogP contribution in [0.25, 0.3) is 0 Å². The lowest BCUT2D eigenvalue weighted by Crippen LogP contribution is -2.47. The van der Waals surface area contributed by atoms with Gasteiger partial charge < -0.3 is 9.47 Å². The zero-order valence-electron chi connectivity index (χ0n) is 19.9. The molecule has 3 nitrogen and oxygen atoms in total. The van der Waals surface area contributed by atoms with Crippen LogP contribution < -0.4 is 0 Å². The fourth-order valence-corrected chi connectivity index (χ4v) is 4.63. The highest BCUT2D eigenvalue weighted by atomic mass is 19.4. The highest BCUT2D eigenvalue weighted by Crippen LogP contribution is 2.39. The van der Waals surface area contributed by atoms with E-state index in [1.807, 2.05) is 30.3 Å². The molecule has 4 rings (SSSR count). The van der Waals surface area contributed by atoms with Gasteiger partial charge in [-0.2, -0.15) is 13.2 Å². The third-order valence-corrected chi connectivity index (χ3v) is 6.47. The number of hydrogen-bond acceptors (Lipinski definition) is 3. The van der Waals surface area contributed by atoms with Gasteiger partial charge in [-0.15, -0.1) is 0 Å². The Morgan fingerprint density at radius 1 is 0.943 bits per heavy atom. The van der Waals surface area contributed by atoms with Gasteiger partial charge in [0.15, 0.2) is 6.29 Å². The molecule has 4 atom stereocenters. The number of benzene rings is 3. The largest absolute Gasteiger partial charge is 0.416 e. The van der Waals surface area contributed by atoms with Gasteiger partial charge in [0.1, 0.15) is 5.82 Å². The maximum Gasteiger partial charge on any atom is 0.416 e. The van der Waals surface area contributed by atoms with E-state index < -0.39 is 24.1 Å². The summed E-state index contributed by atoms with van der Waals surface area (Å²) in [6.45, 7) is 6.46. The molecule has 1 aliphatic rings. The fourth-order valence-electron chi connectivity index (χ4n) is 4.63. The predicted octanol–water partition coefficient (Wildman–Crippen LogP) is 7.39. The molecule has 0 aromatic heterocycles. The van der Waals surface area contributed by atoms with E-state index >= 15 is 0 Å². The molecule has 0 aliphatic carbocycles. The highest BCUT2D eigenvalue weighted by molar-refractivity contribution is 5.32. The smallest absolute Gasteiger partial charge is 0.349 e. The number of nitrogens with zero attached hydrogens (tertiary/aromatic N) is 1. The average molecular weight is 488 g/mol. The van der Waals surface area contributed by atoms with E-state index in [1.54, 1.807) is 32.0 Å². The van der Waals surface area contributed by atoms with Crippen LogP contribution >= 0.6 is 0 Å². The SMILES string of the molecule is Cc1cc([C@@H](C)OC2OCCN([C@H](C)c3ccccc3)[C@@H]2c2ccc(F)cc2)cc(C(F)(F)F)c1. The van der Waals surface area contributed by atoms with Crippen molar-refractivity contribution >= 4 is 0 Å². The molecule has 1 fully saturated rings. The third-order valence-electron chi connectivity index (χ3n) is 6.47. The lowest BCUT2D eigenvalue weighted by Gasteiger charge is -2.45. The summed E-state index contributed by atoms with van der Waals surface area (Å²) in [6.07, 6.45) is -5.86. The van der Waals surface area contributed by atoms with Crippen LogP contribution in [0.1, 0.15) is 59.9 Å². The van der Waals surface area contributed by atoms with E-state index in [1.165, 1.54) is 12.1 Å². The van der Waals surface area contributed by atoms with Crippen LogP contribution in [-0.4, -0.2) is 24.3 Å². The van der Waals surface area contributed by atoms with E-state index in [9.17, 15) is 17.6 Å². The quantitative estimate of drug-likeness (QED) is 0.338. The Morgan fingerprint density at radius 2 is 1.63 bits per heavy atom. The number of aryl methyl sites for hydroxylation is 1. The van der Waals surface area contributed by atoms with E-state index in [0.717, 1.165) is 23.3 Å². The van der Waals surface area contributed by atoms with E-state index in [2.05, 4.69) is 11.8 Å². The van der Waals surface area contributed by atoms with Gasteiger partial charge in [-0.25, -0.2) is 4.39 Å². The summed E-state index contributed by atoms with van der Waals surface area (Å²) in [7, 11) is 0. The van der Waals surface area contributed by atoms with Crippen LogP contribution in [0.3, 0.4) is 0 Å². The van der Waals surface area contributed by atoms with Crippen molar-refractivity contribution < 1.29 is 27.0 Å². The molecule has 3 aromatic carbocycles. The zero-order chi connectivity index (χ0) is 25.2. The Morgan fingerprint density at radius 3 is 2.29 bits per heavy atom. The van der Waals surface area contributed by atoms with Gasteiger partial charge in [-0.3, -0.25) is 4.90 Å². The van der Waals surface area contributed by atoms with Gasteiger partial charge in [-0.1, -0.05) is 54.1 Å². The molecule has 0 radical (unpaired) electrons. The molecule has 1 saturated heterocycles. The van der Waals surface area contributed by atoms with Crippen LogP contribution in [0.5, 0.6) is 0 Å². The first-order valence-corrected chi connectivity index (χ1v) is 11.7. The minimum absolute atomic E-state index is 0.00682. The summed E-state index contributed by atoms with van der Waals surface area (Å²) in [4.78, 5) is 2.24. The van der Waals surface area contributed by atoms with E-state index in [0.29, 0.717) is 24.3 Å². The minimum atomic E-state index is -4.44. The van der Waals surface area contributed by atoms with Crippen LogP contribution in [0.2, 0.25) is 0 Å². The monoisotopic (exact) mass is 487 g/mol. The molecular weight excluding hydrogens is 458 g/mol. The summed E-state index contributed by atoms with van der Waals surface area (Å²) >= 11 is 0. The predicted molar refractivity (Wildman–Crippen MR) is 126 cm³/mol. The number of hydrogen-bond donors (Lipinski definition) is 0. The topological polar surface area (TPSA) is 21.7 Å². The summed E-state index contributed by atoms with van der Waals surface area (Å²) in [5.74, 6) is -0.349. The molecule has 1 unspecified atom stereocenters. The molecular formula is C28H29F4NO2. The maximum absolute atomic E-state index is 13.7. The van der Waals surface area contributed by atoms with Gasteiger partial charge in [0.05, 0.1) is 24.3 Å². The summed E-state index contributed by atoms with van der Waals surface area (Å²) in [6, 6.07) is 19.8. The molecule has 0 spiro atoms. The zero-order valence-corrected chi connectivity index (χ0v) is 19.9. The number of ether oxygens (including phenoxy) is 2. The minimum Gasteiger partial charge on any atom is -0.349 e. The number of rotatable bonds is 6. The van der Waals surface area contributed by atoms with Crippen molar-refractivity contribution in [2.45, 2.75) is 51.4 Å². The molecule has 1 heterocycles. The third kappa shape index (κ3) is 5.92. The highest BCUT2D eigenvalue weighted by Gasteiger charge is 2.38. The Labute approximate surface area is 203 Å². The van der Waals surface area contributed by atoms with Crippen molar-refractivity contribution in [1.29, 1.82) is 0 Å². The Balaban J connectivity index is 1.66. The molecule has 35 heavy (non-hydrogen) atoms. The molecule has 0 amide bonds. The van der Waals surface area contributed by atoms with E-state index in [4.69, 9.17) is 9.47 Å². The first-order chi connectivity index (χ1) is 16.6. The molecule has 3 aromatic rings. The number of alkyl halides is 3. The Bertz CT molecular complexity index is 1120. The standard InChI is InChI=1S/C28H29F4NO2/c1-18-15-23(17-24(16-18)28(30,31)32)20(3)35-27-26(22-9-11-25(29)12-10-22)33(13-14-34-27)19(2)21-7-5-4-6-8-21/h4-12,15-17,19-20,26-27H,13-14H2,1-3H3/t19-,20-,26-,27?/m1/s1. The van der Waals surface area contributed by atoms with Crippen LogP contribution in [-0.2, 0) is 15.7 Å². The van der Waals surface area contributed by atoms with Crippen molar-refractivity contribution in [3.8, 4) is 0 Å². The van der Waals surface area contributed by atoms with Crippen molar-refractivity contribution in [3.63, 3.8) is 0 Å². The second-order valence-electron chi connectivity index (χ2n) is 8.97. The summed E-state index contributed by atoms with van der Waals surface area (Å²) in [5.41, 5.74) is 2.14. The van der Waals surface area contributed by atoms with Crippen LogP contribution in [0.15, 0.2) is 72.8 Å². The second kappa shape index (κ2) is 10.5. The summed E-state index contributed by atoms with van der Waals surface area (Å²) < 4.78 is 66.2. The van der Waals surface area contributed by atoms with E-state index in [-0.39, 0.29) is 17.9 Å². The van der Waals surface area contributed by atoms with Crippen molar-refractivity contribution in [1.82, 2.24) is 4.90 Å². The van der Waals surface area contributed by atoms with Gasteiger partial charge in [0, 0.05) is 12.6 Å². The van der Waals surface area contributed by atoms with Crippen molar-refractivity contribution in [3.05, 3.63) is 106 Å². The molecule has 186 valence electrons. The van der Waals surface area contributed by atoms with Crippen LogP contribution in [0, 0.1) is 12.7 Å². The van der Waals surface area contributed by atoms with Crippen LogP contribution in [0.4, 0.5) is 17.6 Å². The molecule has 0 saturated carbocycles.